The third-order valence-corrected chi connectivity index (χ3v) is 5.63. The van der Waals surface area contributed by atoms with Gasteiger partial charge in [0.2, 0.25) is 0 Å². The van der Waals surface area contributed by atoms with Crippen LogP contribution in [0.5, 0.6) is 17.2 Å². The minimum absolute atomic E-state index is 0.252. The highest BCUT2D eigenvalue weighted by molar-refractivity contribution is 5.52. The molecule has 2 aromatic carbocycles. The zero-order chi connectivity index (χ0) is 20.7. The van der Waals surface area contributed by atoms with Gasteiger partial charge in [-0.05, 0) is 49.4 Å². The lowest BCUT2D eigenvalue weighted by Gasteiger charge is -2.17. The number of unbranched alkanes of at least 4 members (excludes halogenated alkanes) is 9. The number of phenolic OH excluding ortho intramolecular Hbond substituents is 1. The molecular weight excluding hydrogens is 356 g/mol. The molecule has 0 bridgehead atoms. The molecule has 0 saturated heterocycles. The minimum Gasteiger partial charge on any atom is -0.504 e. The van der Waals surface area contributed by atoms with Gasteiger partial charge in [0.15, 0.2) is 11.5 Å². The molecule has 0 aromatic heterocycles. The molecule has 2 rings (SSSR count). The van der Waals surface area contributed by atoms with Crippen LogP contribution in [-0.4, -0.2) is 5.11 Å². The maximum absolute atomic E-state index is 10.5. The van der Waals surface area contributed by atoms with Crippen molar-refractivity contribution in [1.29, 1.82) is 0 Å². The van der Waals surface area contributed by atoms with Crippen molar-refractivity contribution in [2.75, 3.05) is 0 Å². The van der Waals surface area contributed by atoms with Crippen LogP contribution in [0.1, 0.15) is 95.6 Å². The standard InChI is InChI=1S/C27H40O2/c1-3-5-7-8-9-10-11-16-20-25-23(17-13-6-4-2)21-22-26(28)27(25)29-24-18-14-12-15-19-24/h12,14-15,18-19,21-22,28H,3-11,13,16-17,20H2,1-2H3. The topological polar surface area (TPSA) is 29.5 Å². The van der Waals surface area contributed by atoms with E-state index >= 15 is 0 Å². The second kappa shape index (κ2) is 14.1. The first-order chi connectivity index (χ1) is 14.3. The van der Waals surface area contributed by atoms with Gasteiger partial charge in [-0.2, -0.15) is 0 Å². The normalized spacial score (nSPS) is 11.0. The van der Waals surface area contributed by atoms with Gasteiger partial charge in [0.05, 0.1) is 0 Å². The van der Waals surface area contributed by atoms with Crippen LogP contribution in [0.4, 0.5) is 0 Å². The van der Waals surface area contributed by atoms with Crippen molar-refractivity contribution in [2.45, 2.75) is 97.3 Å². The fourth-order valence-electron chi connectivity index (χ4n) is 3.89. The van der Waals surface area contributed by atoms with Gasteiger partial charge in [-0.25, -0.2) is 0 Å². The van der Waals surface area contributed by atoms with Gasteiger partial charge >= 0.3 is 0 Å². The molecule has 2 aromatic rings. The van der Waals surface area contributed by atoms with Crippen molar-refractivity contribution in [1.82, 2.24) is 0 Å². The smallest absolute Gasteiger partial charge is 0.172 e. The summed E-state index contributed by atoms with van der Waals surface area (Å²) >= 11 is 0. The van der Waals surface area contributed by atoms with E-state index in [1.807, 2.05) is 30.3 Å². The molecule has 0 heterocycles. The molecule has 160 valence electrons. The molecule has 0 unspecified atom stereocenters. The zero-order valence-corrected chi connectivity index (χ0v) is 18.6. The molecule has 0 fully saturated rings. The molecular formula is C27H40O2. The summed E-state index contributed by atoms with van der Waals surface area (Å²) in [6.45, 7) is 4.50. The third kappa shape index (κ3) is 8.51. The molecule has 0 aliphatic heterocycles. The highest BCUT2D eigenvalue weighted by atomic mass is 16.5. The van der Waals surface area contributed by atoms with Crippen molar-refractivity contribution in [3.8, 4) is 17.2 Å². The summed E-state index contributed by atoms with van der Waals surface area (Å²) in [7, 11) is 0. The van der Waals surface area contributed by atoms with Crippen LogP contribution in [0.2, 0.25) is 0 Å². The summed E-state index contributed by atoms with van der Waals surface area (Å²) in [5, 5.41) is 10.5. The van der Waals surface area contributed by atoms with E-state index in [1.54, 1.807) is 6.07 Å². The van der Waals surface area contributed by atoms with E-state index in [-0.39, 0.29) is 5.75 Å². The lowest BCUT2D eigenvalue weighted by Crippen LogP contribution is -2.00. The van der Waals surface area contributed by atoms with Crippen molar-refractivity contribution in [3.63, 3.8) is 0 Å². The Balaban J connectivity index is 2.03. The highest BCUT2D eigenvalue weighted by Crippen LogP contribution is 2.38. The minimum atomic E-state index is 0.252. The second-order valence-corrected chi connectivity index (χ2v) is 8.15. The fourth-order valence-corrected chi connectivity index (χ4v) is 3.89. The summed E-state index contributed by atoms with van der Waals surface area (Å²) < 4.78 is 6.16. The van der Waals surface area contributed by atoms with E-state index in [0.29, 0.717) is 5.75 Å². The number of rotatable bonds is 15. The highest BCUT2D eigenvalue weighted by Gasteiger charge is 2.15. The van der Waals surface area contributed by atoms with Crippen LogP contribution < -0.4 is 4.74 Å². The number of aromatic hydroxyl groups is 1. The van der Waals surface area contributed by atoms with Crippen molar-refractivity contribution in [3.05, 3.63) is 53.6 Å². The lowest BCUT2D eigenvalue weighted by atomic mass is 9.95. The molecule has 0 spiro atoms. The van der Waals surface area contributed by atoms with Crippen LogP contribution in [0.25, 0.3) is 0 Å². The van der Waals surface area contributed by atoms with Gasteiger partial charge in [-0.3, -0.25) is 0 Å². The predicted molar refractivity (Wildman–Crippen MR) is 124 cm³/mol. The molecule has 2 heteroatoms. The van der Waals surface area contributed by atoms with Gasteiger partial charge in [-0.1, -0.05) is 95.9 Å². The van der Waals surface area contributed by atoms with Crippen LogP contribution in [0, 0.1) is 0 Å². The predicted octanol–water partition coefficient (Wildman–Crippen LogP) is 8.60. The monoisotopic (exact) mass is 396 g/mol. The lowest BCUT2D eigenvalue weighted by molar-refractivity contribution is 0.405. The van der Waals surface area contributed by atoms with E-state index < -0.39 is 0 Å². The van der Waals surface area contributed by atoms with E-state index in [9.17, 15) is 5.11 Å². The Morgan fingerprint density at radius 2 is 1.24 bits per heavy atom. The Kier molecular flexibility index (Phi) is 11.3. The van der Waals surface area contributed by atoms with Crippen LogP contribution >= 0.6 is 0 Å². The van der Waals surface area contributed by atoms with E-state index in [4.69, 9.17) is 4.74 Å². The molecule has 0 aliphatic rings. The number of ether oxygens (including phenoxy) is 1. The molecule has 1 N–H and O–H groups in total. The maximum atomic E-state index is 10.5. The summed E-state index contributed by atoms with van der Waals surface area (Å²) in [6.07, 6.45) is 16.2. The van der Waals surface area contributed by atoms with E-state index in [0.717, 1.165) is 25.0 Å². The van der Waals surface area contributed by atoms with Gasteiger partial charge in [0.25, 0.3) is 0 Å². The molecule has 0 saturated carbocycles. The number of hydrogen-bond acceptors (Lipinski definition) is 2. The molecule has 0 radical (unpaired) electrons. The Morgan fingerprint density at radius 3 is 1.93 bits per heavy atom. The third-order valence-electron chi connectivity index (χ3n) is 5.63. The molecule has 29 heavy (non-hydrogen) atoms. The average molecular weight is 397 g/mol. The first kappa shape index (κ1) is 23.3. The Bertz CT molecular complexity index is 678. The van der Waals surface area contributed by atoms with Gasteiger partial charge in [0, 0.05) is 5.56 Å². The molecule has 2 nitrogen and oxygen atoms in total. The quantitative estimate of drug-likeness (QED) is 0.305. The SMILES string of the molecule is CCCCCCCCCCc1c(CCCCC)ccc(O)c1Oc1ccccc1. The molecule has 0 amide bonds. The van der Waals surface area contributed by atoms with Crippen molar-refractivity contribution in [2.24, 2.45) is 0 Å². The van der Waals surface area contributed by atoms with Gasteiger partial charge in [0.1, 0.15) is 5.75 Å². The number of benzene rings is 2. The van der Waals surface area contributed by atoms with Crippen LogP contribution in [0.15, 0.2) is 42.5 Å². The fraction of sp³-hybridized carbons (Fsp3) is 0.556. The Hall–Kier alpha value is -1.96. The summed E-state index contributed by atoms with van der Waals surface area (Å²) in [5.74, 6) is 1.70. The first-order valence-corrected chi connectivity index (χ1v) is 11.8. The zero-order valence-electron chi connectivity index (χ0n) is 18.6. The van der Waals surface area contributed by atoms with Gasteiger partial charge < -0.3 is 9.84 Å². The van der Waals surface area contributed by atoms with Crippen molar-refractivity contribution >= 4 is 0 Å². The Morgan fingerprint density at radius 1 is 0.655 bits per heavy atom. The van der Waals surface area contributed by atoms with Gasteiger partial charge in [-0.15, -0.1) is 0 Å². The summed E-state index contributed by atoms with van der Waals surface area (Å²) in [6, 6.07) is 13.7. The Labute approximate surface area is 178 Å². The van der Waals surface area contributed by atoms with Crippen molar-refractivity contribution < 1.29 is 9.84 Å². The number of aryl methyl sites for hydroxylation is 1. The average Bonchev–Trinajstić information content (AvgIpc) is 2.74. The summed E-state index contributed by atoms with van der Waals surface area (Å²) in [4.78, 5) is 0. The molecule has 0 aliphatic carbocycles. The van der Waals surface area contributed by atoms with Crippen LogP contribution in [-0.2, 0) is 12.8 Å². The summed E-state index contributed by atoms with van der Waals surface area (Å²) in [5.41, 5.74) is 2.54. The number of hydrogen-bond donors (Lipinski definition) is 1. The molecule has 0 atom stereocenters. The number of para-hydroxylation sites is 1. The largest absolute Gasteiger partial charge is 0.504 e. The second-order valence-electron chi connectivity index (χ2n) is 8.15. The van der Waals surface area contributed by atoms with Crippen LogP contribution in [0.3, 0.4) is 0 Å². The first-order valence-electron chi connectivity index (χ1n) is 11.8. The maximum Gasteiger partial charge on any atom is 0.172 e. The van der Waals surface area contributed by atoms with E-state index in [2.05, 4.69) is 19.9 Å². The number of phenols is 1. The van der Waals surface area contributed by atoms with E-state index in [1.165, 1.54) is 75.3 Å².